The van der Waals surface area contributed by atoms with Crippen LogP contribution in [-0.2, 0) is 22.4 Å². The van der Waals surface area contributed by atoms with Crippen molar-refractivity contribution in [2.24, 2.45) is 5.92 Å². The number of nitrogens with one attached hydrogen (secondary N) is 2. The number of pyridine rings is 1. The number of aromatic nitrogens is 3. The topological polar surface area (TPSA) is 120 Å². The largest absolute Gasteiger partial charge is 0.481 e. The van der Waals surface area contributed by atoms with Crippen molar-refractivity contribution in [3.63, 3.8) is 0 Å². The Balaban J connectivity index is 1.16. The Labute approximate surface area is 216 Å². The number of aliphatic carboxylic acids is 1. The minimum atomic E-state index is -0.958. The number of rotatable bonds is 9. The van der Waals surface area contributed by atoms with Crippen LogP contribution in [0.4, 0.5) is 5.82 Å². The van der Waals surface area contributed by atoms with Crippen LogP contribution in [0.2, 0.25) is 0 Å². The van der Waals surface area contributed by atoms with E-state index in [0.29, 0.717) is 12.1 Å². The molecule has 37 heavy (non-hydrogen) atoms. The molecule has 2 aliphatic rings. The maximum absolute atomic E-state index is 13.2. The van der Waals surface area contributed by atoms with Crippen molar-refractivity contribution in [1.29, 1.82) is 0 Å². The quantitative estimate of drug-likeness (QED) is 0.407. The van der Waals surface area contributed by atoms with Crippen LogP contribution in [0.3, 0.4) is 0 Å². The molecule has 1 fully saturated rings. The lowest BCUT2D eigenvalue weighted by molar-refractivity contribution is -0.138. The first-order valence-electron chi connectivity index (χ1n) is 13.2. The predicted octanol–water partition coefficient (Wildman–Crippen LogP) is 3.36. The van der Waals surface area contributed by atoms with Crippen LogP contribution in [0.1, 0.15) is 55.0 Å². The van der Waals surface area contributed by atoms with Gasteiger partial charge in [-0.3, -0.25) is 19.6 Å². The summed E-state index contributed by atoms with van der Waals surface area (Å²) < 4.78 is 0. The number of likely N-dealkylation sites (tertiary alicyclic amines) is 1. The number of carboxylic acid groups (broad SMARTS) is 1. The van der Waals surface area contributed by atoms with E-state index in [1.54, 1.807) is 12.4 Å². The summed E-state index contributed by atoms with van der Waals surface area (Å²) in [5.74, 6) is -0.164. The predicted molar refractivity (Wildman–Crippen MR) is 141 cm³/mol. The van der Waals surface area contributed by atoms with Crippen LogP contribution in [0, 0.1) is 5.92 Å². The molecule has 1 aromatic carbocycles. The van der Waals surface area contributed by atoms with E-state index in [9.17, 15) is 14.7 Å². The number of aryl methyl sites for hydroxylation is 2. The molecule has 0 saturated carbocycles. The number of amides is 1. The molecule has 5 rings (SSSR count). The Morgan fingerprint density at radius 3 is 2.86 bits per heavy atom. The Morgan fingerprint density at radius 1 is 1.14 bits per heavy atom. The molecule has 0 aliphatic carbocycles. The zero-order valence-corrected chi connectivity index (χ0v) is 21.0. The van der Waals surface area contributed by atoms with Gasteiger partial charge >= 0.3 is 5.97 Å². The SMILES string of the molecule is O=C(O)C[C@@H](NC(=O)[C@@H]1CCCN(CCCc2ccc3c(n2)NCCC3)C1)c1ccc2nccnc2c1. The van der Waals surface area contributed by atoms with Crippen LogP contribution < -0.4 is 10.6 Å². The van der Waals surface area contributed by atoms with E-state index in [-0.39, 0.29) is 18.2 Å². The van der Waals surface area contributed by atoms with Crippen molar-refractivity contribution in [3.8, 4) is 0 Å². The zero-order chi connectivity index (χ0) is 25.6. The number of anilines is 1. The summed E-state index contributed by atoms with van der Waals surface area (Å²) in [5, 5.41) is 15.9. The summed E-state index contributed by atoms with van der Waals surface area (Å²) in [6.07, 6.45) is 8.95. The van der Waals surface area contributed by atoms with Gasteiger partial charge in [0.1, 0.15) is 5.82 Å². The van der Waals surface area contributed by atoms with Gasteiger partial charge in [0.15, 0.2) is 0 Å². The van der Waals surface area contributed by atoms with Crippen molar-refractivity contribution in [2.45, 2.75) is 51.0 Å². The number of nitrogens with zero attached hydrogens (tertiary/aromatic N) is 4. The highest BCUT2D eigenvalue weighted by Crippen LogP contribution is 2.24. The summed E-state index contributed by atoms with van der Waals surface area (Å²) in [4.78, 5) is 40.5. The fourth-order valence-corrected chi connectivity index (χ4v) is 5.38. The highest BCUT2D eigenvalue weighted by molar-refractivity contribution is 5.81. The lowest BCUT2D eigenvalue weighted by Gasteiger charge is -2.33. The van der Waals surface area contributed by atoms with Gasteiger partial charge in [-0.15, -0.1) is 0 Å². The molecule has 0 spiro atoms. The van der Waals surface area contributed by atoms with Gasteiger partial charge in [0.05, 0.1) is 29.4 Å². The van der Waals surface area contributed by atoms with Crippen LogP contribution in [0.5, 0.6) is 0 Å². The van der Waals surface area contributed by atoms with E-state index in [1.807, 2.05) is 18.2 Å². The number of carbonyl (C=O) groups excluding carboxylic acids is 1. The molecule has 0 bridgehead atoms. The number of hydrogen-bond donors (Lipinski definition) is 3. The van der Waals surface area contributed by atoms with Crippen molar-refractivity contribution >= 4 is 28.7 Å². The number of carboxylic acids is 1. The summed E-state index contributed by atoms with van der Waals surface area (Å²) in [6, 6.07) is 9.17. The lowest BCUT2D eigenvalue weighted by atomic mass is 9.95. The number of hydrogen-bond acceptors (Lipinski definition) is 7. The highest BCUT2D eigenvalue weighted by atomic mass is 16.4. The molecule has 2 aromatic heterocycles. The summed E-state index contributed by atoms with van der Waals surface area (Å²) in [6.45, 7) is 3.57. The molecule has 9 nitrogen and oxygen atoms in total. The average Bonchev–Trinajstić information content (AvgIpc) is 2.92. The van der Waals surface area contributed by atoms with Crippen molar-refractivity contribution in [2.75, 3.05) is 31.5 Å². The average molecular weight is 503 g/mol. The van der Waals surface area contributed by atoms with Crippen LogP contribution in [0.15, 0.2) is 42.7 Å². The van der Waals surface area contributed by atoms with Gasteiger partial charge in [-0.1, -0.05) is 12.1 Å². The van der Waals surface area contributed by atoms with Crippen molar-refractivity contribution in [1.82, 2.24) is 25.2 Å². The normalized spacial score (nSPS) is 18.5. The first-order valence-corrected chi connectivity index (χ1v) is 13.2. The fourth-order valence-electron chi connectivity index (χ4n) is 5.38. The second-order valence-electron chi connectivity index (χ2n) is 10.0. The van der Waals surface area contributed by atoms with Gasteiger partial charge < -0.3 is 20.6 Å². The molecule has 0 unspecified atom stereocenters. The number of fused-ring (bicyclic) bond motifs is 2. The first-order chi connectivity index (χ1) is 18.0. The molecule has 1 saturated heterocycles. The molecule has 2 aliphatic heterocycles. The van der Waals surface area contributed by atoms with Crippen molar-refractivity contribution in [3.05, 3.63) is 59.5 Å². The van der Waals surface area contributed by atoms with Crippen LogP contribution in [-0.4, -0.2) is 63.0 Å². The van der Waals surface area contributed by atoms with Gasteiger partial charge in [-0.05, 0) is 80.9 Å². The van der Waals surface area contributed by atoms with Crippen LogP contribution in [0.25, 0.3) is 11.0 Å². The Morgan fingerprint density at radius 2 is 2.00 bits per heavy atom. The highest BCUT2D eigenvalue weighted by Gasteiger charge is 2.28. The number of piperidine rings is 1. The molecule has 2 atom stereocenters. The first kappa shape index (κ1) is 25.1. The van der Waals surface area contributed by atoms with Gasteiger partial charge in [-0.2, -0.15) is 0 Å². The lowest BCUT2D eigenvalue weighted by Crippen LogP contribution is -2.44. The molecule has 4 heterocycles. The fraction of sp³-hybridized carbons (Fsp3) is 0.464. The van der Waals surface area contributed by atoms with Crippen molar-refractivity contribution < 1.29 is 14.7 Å². The van der Waals surface area contributed by atoms with E-state index < -0.39 is 12.0 Å². The van der Waals surface area contributed by atoms with Gasteiger partial charge in [-0.25, -0.2) is 4.98 Å². The van der Waals surface area contributed by atoms with E-state index in [1.165, 1.54) is 5.56 Å². The van der Waals surface area contributed by atoms with Gasteiger partial charge in [0, 0.05) is 31.2 Å². The monoisotopic (exact) mass is 502 g/mol. The number of carbonyl (C=O) groups is 2. The van der Waals surface area contributed by atoms with E-state index >= 15 is 0 Å². The maximum Gasteiger partial charge on any atom is 0.305 e. The third kappa shape index (κ3) is 6.40. The Kier molecular flexibility index (Phi) is 7.89. The molecular formula is C28H34N6O3. The smallest absolute Gasteiger partial charge is 0.305 e. The molecule has 0 radical (unpaired) electrons. The van der Waals surface area contributed by atoms with Crippen LogP contribution >= 0.6 is 0 Å². The molecule has 3 aromatic rings. The second kappa shape index (κ2) is 11.6. The minimum Gasteiger partial charge on any atom is -0.481 e. The Hall–Kier alpha value is -3.59. The van der Waals surface area contributed by atoms with Gasteiger partial charge in [0.2, 0.25) is 5.91 Å². The zero-order valence-electron chi connectivity index (χ0n) is 21.0. The molecule has 1 amide bonds. The molecular weight excluding hydrogens is 468 g/mol. The molecule has 3 N–H and O–H groups in total. The minimum absolute atomic E-state index is 0.0855. The second-order valence-corrected chi connectivity index (χ2v) is 10.0. The Bertz CT molecular complexity index is 1270. The van der Waals surface area contributed by atoms with E-state index in [2.05, 4.69) is 37.6 Å². The molecule has 9 heteroatoms. The summed E-state index contributed by atoms with van der Waals surface area (Å²) in [5.41, 5.74) is 4.55. The number of benzene rings is 1. The third-order valence-electron chi connectivity index (χ3n) is 7.33. The third-order valence-corrected chi connectivity index (χ3v) is 7.33. The maximum atomic E-state index is 13.2. The molecule has 194 valence electrons. The summed E-state index contributed by atoms with van der Waals surface area (Å²) >= 11 is 0. The van der Waals surface area contributed by atoms with E-state index in [0.717, 1.165) is 80.8 Å². The summed E-state index contributed by atoms with van der Waals surface area (Å²) in [7, 11) is 0. The standard InChI is InChI=1S/C28H34N6O3/c35-26(36)17-24(20-8-10-23-25(16-20)30-13-12-29-23)33-28(37)21-5-2-14-34(18-21)15-3-6-22-9-7-19-4-1-11-31-27(19)32-22/h7-10,12-13,16,21,24H,1-6,11,14-15,17-18H2,(H,31,32)(H,33,37)(H,35,36)/t21-,24-/m1/s1. The van der Waals surface area contributed by atoms with Gasteiger partial charge in [0.25, 0.3) is 0 Å². The van der Waals surface area contributed by atoms with E-state index in [4.69, 9.17) is 4.98 Å².